The minimum absolute atomic E-state index is 0.613. The maximum Gasteiger partial charge on any atom is 0.0239 e. The van der Waals surface area contributed by atoms with Gasteiger partial charge < -0.3 is 5.32 Å². The van der Waals surface area contributed by atoms with Gasteiger partial charge in [-0.1, -0.05) is 38.1 Å². The van der Waals surface area contributed by atoms with Crippen molar-refractivity contribution in [1.29, 1.82) is 0 Å². The summed E-state index contributed by atoms with van der Waals surface area (Å²) in [7, 11) is 0. The third kappa shape index (κ3) is 4.07. The number of hydrogen-bond acceptors (Lipinski definition) is 2. The molecule has 0 bridgehead atoms. The van der Waals surface area contributed by atoms with Gasteiger partial charge >= 0.3 is 0 Å². The van der Waals surface area contributed by atoms with Gasteiger partial charge in [-0.25, -0.2) is 0 Å². The van der Waals surface area contributed by atoms with E-state index in [-0.39, 0.29) is 0 Å². The second kappa shape index (κ2) is 7.80. The molecule has 1 unspecified atom stereocenters. The van der Waals surface area contributed by atoms with Gasteiger partial charge in [0.1, 0.15) is 0 Å². The van der Waals surface area contributed by atoms with Gasteiger partial charge in [0.25, 0.3) is 0 Å². The van der Waals surface area contributed by atoms with Gasteiger partial charge in [0.2, 0.25) is 0 Å². The maximum absolute atomic E-state index is 3.72. The number of benzene rings is 1. The molecule has 1 aromatic carbocycles. The molecule has 0 spiro atoms. The summed E-state index contributed by atoms with van der Waals surface area (Å²) in [5, 5.41) is 3.72. The smallest absolute Gasteiger partial charge is 0.0239 e. The first-order valence-electron chi connectivity index (χ1n) is 8.28. The molecular formula is C18H30N2. The van der Waals surface area contributed by atoms with Gasteiger partial charge in [-0.05, 0) is 50.3 Å². The molecule has 0 aliphatic carbocycles. The van der Waals surface area contributed by atoms with E-state index >= 15 is 0 Å². The van der Waals surface area contributed by atoms with Crippen LogP contribution in [0.1, 0.15) is 51.2 Å². The molecule has 2 rings (SSSR count). The van der Waals surface area contributed by atoms with E-state index in [4.69, 9.17) is 0 Å². The van der Waals surface area contributed by atoms with Crippen LogP contribution in [0.4, 0.5) is 0 Å². The van der Waals surface area contributed by atoms with Gasteiger partial charge in [-0.2, -0.15) is 0 Å². The molecule has 2 heteroatoms. The van der Waals surface area contributed by atoms with E-state index in [1.165, 1.54) is 37.8 Å². The standard InChI is InChI=1S/C18H30N2/c1-4-18(5-2)19-13-15(3)20-12-8-11-16-9-6-7-10-17(16)14-20/h6-7,9-10,15,18-19H,4-5,8,11-14H2,1-3H3. The highest BCUT2D eigenvalue weighted by molar-refractivity contribution is 5.28. The Morgan fingerprint density at radius 2 is 1.85 bits per heavy atom. The van der Waals surface area contributed by atoms with Crippen LogP contribution in [0.2, 0.25) is 0 Å². The van der Waals surface area contributed by atoms with Crippen molar-refractivity contribution < 1.29 is 0 Å². The van der Waals surface area contributed by atoms with E-state index in [2.05, 4.69) is 55.3 Å². The fourth-order valence-electron chi connectivity index (χ4n) is 3.15. The molecule has 112 valence electrons. The molecule has 0 radical (unpaired) electrons. The summed E-state index contributed by atoms with van der Waals surface area (Å²) in [6.45, 7) is 10.3. The van der Waals surface area contributed by atoms with Crippen LogP contribution in [0.15, 0.2) is 24.3 Å². The van der Waals surface area contributed by atoms with Crippen molar-refractivity contribution >= 4 is 0 Å². The summed E-state index contributed by atoms with van der Waals surface area (Å²) >= 11 is 0. The van der Waals surface area contributed by atoms with Gasteiger partial charge in [-0.15, -0.1) is 0 Å². The van der Waals surface area contributed by atoms with Gasteiger partial charge in [0.05, 0.1) is 0 Å². The van der Waals surface area contributed by atoms with Crippen molar-refractivity contribution in [2.24, 2.45) is 0 Å². The van der Waals surface area contributed by atoms with Crippen molar-refractivity contribution in [2.75, 3.05) is 13.1 Å². The molecule has 1 N–H and O–H groups in total. The molecule has 0 aromatic heterocycles. The first-order chi connectivity index (χ1) is 9.74. The minimum Gasteiger partial charge on any atom is -0.312 e. The zero-order valence-corrected chi connectivity index (χ0v) is 13.4. The van der Waals surface area contributed by atoms with E-state index in [0.29, 0.717) is 12.1 Å². The normalized spacial score (nSPS) is 17.8. The monoisotopic (exact) mass is 274 g/mol. The second-order valence-corrected chi connectivity index (χ2v) is 6.11. The Morgan fingerprint density at radius 3 is 2.55 bits per heavy atom. The first kappa shape index (κ1) is 15.5. The first-order valence-corrected chi connectivity index (χ1v) is 8.28. The molecule has 0 fully saturated rings. The number of nitrogens with one attached hydrogen (secondary N) is 1. The lowest BCUT2D eigenvalue weighted by Crippen LogP contribution is -2.43. The van der Waals surface area contributed by atoms with E-state index in [0.717, 1.165) is 13.1 Å². The van der Waals surface area contributed by atoms with Gasteiger partial charge in [0.15, 0.2) is 0 Å². The molecule has 1 aromatic rings. The maximum atomic E-state index is 3.72. The lowest BCUT2D eigenvalue weighted by atomic mass is 10.0. The highest BCUT2D eigenvalue weighted by Crippen LogP contribution is 2.19. The molecule has 1 atom stereocenters. The van der Waals surface area contributed by atoms with Crippen molar-refractivity contribution in [3.63, 3.8) is 0 Å². The molecule has 1 aliphatic rings. The van der Waals surface area contributed by atoms with Crippen LogP contribution in [0.25, 0.3) is 0 Å². The Kier molecular flexibility index (Phi) is 6.06. The van der Waals surface area contributed by atoms with Crippen LogP contribution in [-0.4, -0.2) is 30.1 Å². The summed E-state index contributed by atoms with van der Waals surface area (Å²) in [5.41, 5.74) is 3.08. The number of hydrogen-bond donors (Lipinski definition) is 1. The lowest BCUT2D eigenvalue weighted by molar-refractivity contribution is 0.194. The van der Waals surface area contributed by atoms with Crippen molar-refractivity contribution in [1.82, 2.24) is 10.2 Å². The van der Waals surface area contributed by atoms with Gasteiger partial charge in [-0.3, -0.25) is 4.90 Å². The number of nitrogens with zero attached hydrogens (tertiary/aromatic N) is 1. The molecule has 1 heterocycles. The molecule has 2 nitrogen and oxygen atoms in total. The van der Waals surface area contributed by atoms with E-state index in [9.17, 15) is 0 Å². The molecule has 0 saturated heterocycles. The van der Waals surface area contributed by atoms with Crippen LogP contribution >= 0.6 is 0 Å². The fourth-order valence-corrected chi connectivity index (χ4v) is 3.15. The van der Waals surface area contributed by atoms with E-state index in [1.807, 2.05) is 0 Å². The predicted molar refractivity (Wildman–Crippen MR) is 87.0 cm³/mol. The number of aryl methyl sites for hydroxylation is 1. The van der Waals surface area contributed by atoms with Crippen molar-refractivity contribution in [2.45, 2.75) is 65.1 Å². The molecule has 0 amide bonds. The Morgan fingerprint density at radius 1 is 1.15 bits per heavy atom. The fraction of sp³-hybridized carbons (Fsp3) is 0.667. The zero-order chi connectivity index (χ0) is 14.4. The highest BCUT2D eigenvalue weighted by Gasteiger charge is 2.19. The topological polar surface area (TPSA) is 15.3 Å². The third-order valence-electron chi connectivity index (χ3n) is 4.69. The van der Waals surface area contributed by atoms with Crippen LogP contribution in [0, 0.1) is 0 Å². The Balaban J connectivity index is 1.92. The van der Waals surface area contributed by atoms with Gasteiger partial charge in [0, 0.05) is 25.2 Å². The third-order valence-corrected chi connectivity index (χ3v) is 4.69. The van der Waals surface area contributed by atoms with Crippen LogP contribution in [0.5, 0.6) is 0 Å². The van der Waals surface area contributed by atoms with Crippen LogP contribution in [0.3, 0.4) is 0 Å². The lowest BCUT2D eigenvalue weighted by Gasteiger charge is -2.29. The van der Waals surface area contributed by atoms with E-state index in [1.54, 1.807) is 5.56 Å². The average molecular weight is 274 g/mol. The molecular weight excluding hydrogens is 244 g/mol. The quantitative estimate of drug-likeness (QED) is 0.852. The largest absolute Gasteiger partial charge is 0.312 e. The minimum atomic E-state index is 0.613. The summed E-state index contributed by atoms with van der Waals surface area (Å²) in [4.78, 5) is 2.64. The Labute approximate surface area is 124 Å². The predicted octanol–water partition coefficient (Wildman–Crippen LogP) is 3.60. The zero-order valence-electron chi connectivity index (χ0n) is 13.4. The summed E-state index contributed by atoms with van der Waals surface area (Å²) in [6, 6.07) is 10.2. The Bertz CT molecular complexity index is 398. The summed E-state index contributed by atoms with van der Waals surface area (Å²) in [5.74, 6) is 0. The van der Waals surface area contributed by atoms with Crippen molar-refractivity contribution in [3.05, 3.63) is 35.4 Å². The molecule has 0 saturated carbocycles. The van der Waals surface area contributed by atoms with Crippen LogP contribution < -0.4 is 5.32 Å². The molecule has 1 aliphatic heterocycles. The number of rotatable bonds is 6. The average Bonchev–Trinajstić information content (AvgIpc) is 2.70. The summed E-state index contributed by atoms with van der Waals surface area (Å²) < 4.78 is 0. The highest BCUT2D eigenvalue weighted by atomic mass is 15.2. The molecule has 20 heavy (non-hydrogen) atoms. The number of fused-ring (bicyclic) bond motifs is 1. The second-order valence-electron chi connectivity index (χ2n) is 6.11. The van der Waals surface area contributed by atoms with Crippen molar-refractivity contribution in [3.8, 4) is 0 Å². The van der Waals surface area contributed by atoms with E-state index < -0.39 is 0 Å². The summed E-state index contributed by atoms with van der Waals surface area (Å²) in [6.07, 6.45) is 4.98. The Hall–Kier alpha value is -0.860. The van der Waals surface area contributed by atoms with Crippen LogP contribution in [-0.2, 0) is 13.0 Å². The SMILES string of the molecule is CCC(CC)NCC(C)N1CCCc2ccccc2C1.